The van der Waals surface area contributed by atoms with Crippen molar-refractivity contribution in [3.63, 3.8) is 0 Å². The second kappa shape index (κ2) is 7.74. The first-order valence-corrected chi connectivity index (χ1v) is 8.48. The minimum atomic E-state index is -0.197. The zero-order chi connectivity index (χ0) is 18.5. The van der Waals surface area contributed by atoms with Gasteiger partial charge in [-0.05, 0) is 54.4 Å². The number of rotatable bonds is 5. The molecule has 3 aromatic carbocycles. The maximum absolute atomic E-state index is 12.5. The Bertz CT molecular complexity index is 813. The molecule has 0 saturated heterocycles. The standard InChI is InChI=1S/C22H21NO3/c1-15(23-22(26)18-5-3-2-4-6-18)21(16-7-11-19(24)12-8-16)17-9-13-20(25)14-10-17/h2-15,21,24-25H,1H3,(H,23,26). The molecule has 0 aromatic heterocycles. The van der Waals surface area contributed by atoms with E-state index in [0.717, 1.165) is 11.1 Å². The Morgan fingerprint density at radius 1 is 0.769 bits per heavy atom. The summed E-state index contributed by atoms with van der Waals surface area (Å²) in [6.07, 6.45) is 0. The molecule has 4 nitrogen and oxygen atoms in total. The molecule has 0 aliphatic rings. The van der Waals surface area contributed by atoms with Crippen LogP contribution in [0, 0.1) is 0 Å². The van der Waals surface area contributed by atoms with Gasteiger partial charge in [-0.3, -0.25) is 4.79 Å². The van der Waals surface area contributed by atoms with E-state index < -0.39 is 0 Å². The van der Waals surface area contributed by atoms with Crippen molar-refractivity contribution in [3.05, 3.63) is 95.6 Å². The molecule has 0 saturated carbocycles. The van der Waals surface area contributed by atoms with Gasteiger partial charge in [0.15, 0.2) is 0 Å². The van der Waals surface area contributed by atoms with E-state index in [9.17, 15) is 15.0 Å². The van der Waals surface area contributed by atoms with Gasteiger partial charge in [0.2, 0.25) is 0 Å². The highest BCUT2D eigenvalue weighted by molar-refractivity contribution is 5.94. The van der Waals surface area contributed by atoms with E-state index in [0.29, 0.717) is 5.56 Å². The van der Waals surface area contributed by atoms with Gasteiger partial charge in [0, 0.05) is 17.5 Å². The Hall–Kier alpha value is -3.27. The number of benzene rings is 3. The minimum Gasteiger partial charge on any atom is -0.508 e. The zero-order valence-corrected chi connectivity index (χ0v) is 14.5. The van der Waals surface area contributed by atoms with Crippen LogP contribution in [0.5, 0.6) is 11.5 Å². The molecule has 0 heterocycles. The molecule has 1 unspecified atom stereocenters. The first-order chi connectivity index (χ1) is 12.5. The molecule has 0 spiro atoms. The normalized spacial score (nSPS) is 11.9. The lowest BCUT2D eigenvalue weighted by Gasteiger charge is -2.26. The molecule has 132 valence electrons. The molecule has 0 fully saturated rings. The van der Waals surface area contributed by atoms with Crippen molar-refractivity contribution >= 4 is 5.91 Å². The van der Waals surface area contributed by atoms with E-state index in [1.54, 1.807) is 36.4 Å². The summed E-state index contributed by atoms with van der Waals surface area (Å²) >= 11 is 0. The molecule has 3 aromatic rings. The van der Waals surface area contributed by atoms with Crippen molar-refractivity contribution in [2.24, 2.45) is 0 Å². The number of amides is 1. The molecule has 0 aliphatic heterocycles. The first kappa shape index (κ1) is 17.5. The van der Waals surface area contributed by atoms with Crippen molar-refractivity contribution < 1.29 is 15.0 Å². The SMILES string of the molecule is CC(NC(=O)c1ccccc1)C(c1ccc(O)cc1)c1ccc(O)cc1. The summed E-state index contributed by atoms with van der Waals surface area (Å²) in [5.74, 6) is 0.128. The van der Waals surface area contributed by atoms with Gasteiger partial charge >= 0.3 is 0 Å². The Kier molecular flexibility index (Phi) is 5.23. The fourth-order valence-electron chi connectivity index (χ4n) is 3.10. The van der Waals surface area contributed by atoms with Crippen molar-refractivity contribution in [2.75, 3.05) is 0 Å². The minimum absolute atomic E-state index is 0.121. The molecule has 0 radical (unpaired) electrons. The topological polar surface area (TPSA) is 69.6 Å². The average Bonchev–Trinajstić information content (AvgIpc) is 2.66. The van der Waals surface area contributed by atoms with Crippen LogP contribution >= 0.6 is 0 Å². The van der Waals surface area contributed by atoms with E-state index >= 15 is 0 Å². The van der Waals surface area contributed by atoms with Crippen LogP contribution in [-0.2, 0) is 0 Å². The summed E-state index contributed by atoms with van der Waals surface area (Å²) in [5.41, 5.74) is 2.54. The highest BCUT2D eigenvalue weighted by Gasteiger charge is 2.23. The second-order valence-corrected chi connectivity index (χ2v) is 6.29. The fourth-order valence-corrected chi connectivity index (χ4v) is 3.10. The molecule has 4 heteroatoms. The zero-order valence-electron chi connectivity index (χ0n) is 14.5. The van der Waals surface area contributed by atoms with E-state index in [1.165, 1.54) is 0 Å². The Balaban J connectivity index is 1.90. The third-order valence-corrected chi connectivity index (χ3v) is 4.40. The van der Waals surface area contributed by atoms with Gasteiger partial charge in [0.1, 0.15) is 11.5 Å². The third-order valence-electron chi connectivity index (χ3n) is 4.40. The molecule has 26 heavy (non-hydrogen) atoms. The van der Waals surface area contributed by atoms with Gasteiger partial charge in [-0.15, -0.1) is 0 Å². The maximum Gasteiger partial charge on any atom is 0.251 e. The summed E-state index contributed by atoms with van der Waals surface area (Å²) in [4.78, 5) is 12.5. The average molecular weight is 347 g/mol. The van der Waals surface area contributed by atoms with Gasteiger partial charge in [-0.25, -0.2) is 0 Å². The molecule has 0 aliphatic carbocycles. The predicted molar refractivity (Wildman–Crippen MR) is 101 cm³/mol. The van der Waals surface area contributed by atoms with Crippen LogP contribution in [0.25, 0.3) is 0 Å². The summed E-state index contributed by atoms with van der Waals surface area (Å²) in [6.45, 7) is 1.95. The van der Waals surface area contributed by atoms with Gasteiger partial charge in [0.25, 0.3) is 5.91 Å². The van der Waals surface area contributed by atoms with Crippen molar-refractivity contribution in [1.82, 2.24) is 5.32 Å². The van der Waals surface area contributed by atoms with Crippen LogP contribution in [-0.4, -0.2) is 22.2 Å². The van der Waals surface area contributed by atoms with Crippen LogP contribution in [0.15, 0.2) is 78.9 Å². The fraction of sp³-hybridized carbons (Fsp3) is 0.136. The molecular formula is C22H21NO3. The highest BCUT2D eigenvalue weighted by Crippen LogP contribution is 2.30. The number of hydrogen-bond donors (Lipinski definition) is 3. The lowest BCUT2D eigenvalue weighted by atomic mass is 9.85. The summed E-state index contributed by atoms with van der Waals surface area (Å²) in [6, 6.07) is 22.8. The summed E-state index contributed by atoms with van der Waals surface area (Å²) in [5, 5.41) is 22.2. The van der Waals surface area contributed by atoms with Gasteiger partial charge in [-0.1, -0.05) is 42.5 Å². The quantitative estimate of drug-likeness (QED) is 0.652. The van der Waals surface area contributed by atoms with Gasteiger partial charge < -0.3 is 15.5 Å². The predicted octanol–water partition coefficient (Wildman–Crippen LogP) is 4.05. The maximum atomic E-state index is 12.5. The number of carbonyl (C=O) groups excluding carboxylic acids is 1. The Morgan fingerprint density at radius 3 is 1.69 bits per heavy atom. The number of hydrogen-bond acceptors (Lipinski definition) is 3. The molecule has 0 bridgehead atoms. The first-order valence-electron chi connectivity index (χ1n) is 8.48. The lowest BCUT2D eigenvalue weighted by molar-refractivity contribution is 0.0937. The van der Waals surface area contributed by atoms with Crippen molar-refractivity contribution in [3.8, 4) is 11.5 Å². The van der Waals surface area contributed by atoms with Gasteiger partial charge in [0.05, 0.1) is 0 Å². The number of carbonyl (C=O) groups is 1. The van der Waals surface area contributed by atoms with Crippen LogP contribution in [0.3, 0.4) is 0 Å². The monoisotopic (exact) mass is 347 g/mol. The number of nitrogens with one attached hydrogen (secondary N) is 1. The Labute approximate surface area is 152 Å². The van der Waals surface area contributed by atoms with E-state index in [1.807, 2.05) is 49.4 Å². The second-order valence-electron chi connectivity index (χ2n) is 6.29. The number of aromatic hydroxyl groups is 2. The highest BCUT2D eigenvalue weighted by atomic mass is 16.3. The third kappa shape index (κ3) is 4.03. The molecular weight excluding hydrogens is 326 g/mol. The van der Waals surface area contributed by atoms with E-state index in [2.05, 4.69) is 5.32 Å². The van der Waals surface area contributed by atoms with Crippen LogP contribution in [0.4, 0.5) is 0 Å². The largest absolute Gasteiger partial charge is 0.508 e. The Morgan fingerprint density at radius 2 is 1.23 bits per heavy atom. The van der Waals surface area contributed by atoms with Crippen LogP contribution < -0.4 is 5.32 Å². The van der Waals surface area contributed by atoms with Crippen molar-refractivity contribution in [1.29, 1.82) is 0 Å². The van der Waals surface area contributed by atoms with Crippen molar-refractivity contribution in [2.45, 2.75) is 18.9 Å². The van der Waals surface area contributed by atoms with Crippen LogP contribution in [0.1, 0.15) is 34.3 Å². The molecule has 3 rings (SSSR count). The smallest absolute Gasteiger partial charge is 0.251 e. The molecule has 3 N–H and O–H groups in total. The number of phenols is 2. The van der Waals surface area contributed by atoms with Crippen LogP contribution in [0.2, 0.25) is 0 Å². The number of phenolic OH excluding ortho intramolecular Hbond substituents is 2. The summed E-state index contributed by atoms with van der Waals surface area (Å²) < 4.78 is 0. The molecule has 1 atom stereocenters. The lowest BCUT2D eigenvalue weighted by Crippen LogP contribution is -2.37. The summed E-state index contributed by atoms with van der Waals surface area (Å²) in [7, 11) is 0. The van der Waals surface area contributed by atoms with E-state index in [-0.39, 0.29) is 29.4 Å². The van der Waals surface area contributed by atoms with E-state index in [4.69, 9.17) is 0 Å². The van der Waals surface area contributed by atoms with Gasteiger partial charge in [-0.2, -0.15) is 0 Å². The molecule has 1 amide bonds.